The van der Waals surface area contributed by atoms with Crippen molar-refractivity contribution in [3.8, 4) is 11.1 Å². The largest absolute Gasteiger partial charge is 0.455 e. The molecule has 0 bridgehead atoms. The summed E-state index contributed by atoms with van der Waals surface area (Å²) in [4.78, 5) is 0. The predicted octanol–water partition coefficient (Wildman–Crippen LogP) is 7.45. The summed E-state index contributed by atoms with van der Waals surface area (Å²) in [6, 6.07) is 11.4. The van der Waals surface area contributed by atoms with Crippen molar-refractivity contribution >= 4 is 20.2 Å². The van der Waals surface area contributed by atoms with E-state index < -0.39 is 11.6 Å². The van der Waals surface area contributed by atoms with E-state index in [1.165, 1.54) is 43.8 Å². The third-order valence-corrected chi connectivity index (χ3v) is 6.64. The lowest BCUT2D eigenvalue weighted by Crippen LogP contribution is -2.13. The standard InChI is InChI=1S/C25H29F2O2P/c1-2-28-15-21-13-20-14-22(23(26)24(27)25(20)29-21)19-9-7-18(8-10-19)17-5-3-16(4-6-17)11-12-30/h7-10,13-14,16-17H,2-6,11-12,15,30H2,1H3. The summed E-state index contributed by atoms with van der Waals surface area (Å²) < 4.78 is 40.2. The first kappa shape index (κ1) is 21.5. The maximum Gasteiger partial charge on any atom is 0.202 e. The van der Waals surface area contributed by atoms with Gasteiger partial charge in [0.1, 0.15) is 12.4 Å². The van der Waals surface area contributed by atoms with Crippen LogP contribution >= 0.6 is 9.24 Å². The van der Waals surface area contributed by atoms with Crippen molar-refractivity contribution in [2.75, 3.05) is 12.8 Å². The first-order valence-electron chi connectivity index (χ1n) is 10.9. The Hall–Kier alpha value is -1.77. The number of rotatable bonds is 7. The second kappa shape index (κ2) is 9.58. The molecule has 0 spiro atoms. The maximum atomic E-state index is 14.8. The average Bonchev–Trinajstić information content (AvgIpc) is 3.19. The number of halogens is 2. The van der Waals surface area contributed by atoms with E-state index in [1.807, 2.05) is 19.1 Å². The van der Waals surface area contributed by atoms with Gasteiger partial charge in [-0.05, 0) is 80.3 Å². The minimum Gasteiger partial charge on any atom is -0.455 e. The van der Waals surface area contributed by atoms with Crippen LogP contribution in [-0.4, -0.2) is 12.8 Å². The molecule has 1 fully saturated rings. The SMILES string of the molecule is CCOCc1cc2cc(-c3ccc(C4CCC(CCP)CC4)cc3)c(F)c(F)c2o1. The molecule has 0 N–H and O–H groups in total. The zero-order chi connectivity index (χ0) is 21.1. The third kappa shape index (κ3) is 4.45. The van der Waals surface area contributed by atoms with Crippen LogP contribution in [0.4, 0.5) is 8.78 Å². The van der Waals surface area contributed by atoms with Crippen LogP contribution in [0.25, 0.3) is 22.1 Å². The number of furan rings is 1. The van der Waals surface area contributed by atoms with Gasteiger partial charge in [0.2, 0.25) is 5.82 Å². The molecule has 3 aromatic rings. The van der Waals surface area contributed by atoms with Gasteiger partial charge in [-0.3, -0.25) is 0 Å². The summed E-state index contributed by atoms with van der Waals surface area (Å²) in [6.07, 6.45) is 7.45. The average molecular weight is 430 g/mol. The van der Waals surface area contributed by atoms with Gasteiger partial charge in [0.25, 0.3) is 0 Å². The number of benzene rings is 2. The summed E-state index contributed by atoms with van der Waals surface area (Å²) in [6.45, 7) is 2.65. The first-order valence-corrected chi connectivity index (χ1v) is 11.7. The van der Waals surface area contributed by atoms with E-state index in [-0.39, 0.29) is 17.8 Å². The van der Waals surface area contributed by atoms with Gasteiger partial charge in [-0.25, -0.2) is 4.39 Å². The fraction of sp³-hybridized carbons (Fsp3) is 0.440. The van der Waals surface area contributed by atoms with Crippen LogP contribution in [0, 0.1) is 17.6 Å². The summed E-state index contributed by atoms with van der Waals surface area (Å²) in [5.74, 6) is 0.102. The predicted molar refractivity (Wildman–Crippen MR) is 121 cm³/mol. The van der Waals surface area contributed by atoms with Crippen molar-refractivity contribution in [2.24, 2.45) is 5.92 Å². The van der Waals surface area contributed by atoms with Crippen LogP contribution in [0.5, 0.6) is 0 Å². The van der Waals surface area contributed by atoms with Gasteiger partial charge in [-0.15, -0.1) is 9.24 Å². The smallest absolute Gasteiger partial charge is 0.202 e. The van der Waals surface area contributed by atoms with Crippen LogP contribution in [0.15, 0.2) is 40.8 Å². The highest BCUT2D eigenvalue weighted by Gasteiger charge is 2.23. The van der Waals surface area contributed by atoms with Crippen molar-refractivity contribution in [2.45, 2.75) is 51.6 Å². The highest BCUT2D eigenvalue weighted by atomic mass is 31.0. The molecule has 1 aromatic heterocycles. The van der Waals surface area contributed by atoms with Crippen molar-refractivity contribution in [3.05, 3.63) is 59.4 Å². The Morgan fingerprint density at radius 3 is 2.43 bits per heavy atom. The van der Waals surface area contributed by atoms with E-state index in [0.717, 1.165) is 5.92 Å². The van der Waals surface area contributed by atoms with Crippen LogP contribution in [0.2, 0.25) is 0 Å². The van der Waals surface area contributed by atoms with Crippen molar-refractivity contribution in [1.29, 1.82) is 0 Å². The molecule has 0 radical (unpaired) electrons. The minimum atomic E-state index is -0.943. The Kier molecular flexibility index (Phi) is 6.85. The monoisotopic (exact) mass is 430 g/mol. The molecule has 1 aliphatic carbocycles. The lowest BCUT2D eigenvalue weighted by molar-refractivity contribution is 0.119. The van der Waals surface area contributed by atoms with Gasteiger partial charge in [0.15, 0.2) is 11.4 Å². The summed E-state index contributed by atoms with van der Waals surface area (Å²) in [5.41, 5.74) is 2.19. The molecule has 2 nitrogen and oxygen atoms in total. The van der Waals surface area contributed by atoms with Crippen molar-refractivity contribution in [1.82, 2.24) is 0 Å². The van der Waals surface area contributed by atoms with Crippen LogP contribution in [-0.2, 0) is 11.3 Å². The molecule has 1 aliphatic rings. The van der Waals surface area contributed by atoms with Gasteiger partial charge in [0.05, 0.1) is 0 Å². The Bertz CT molecular complexity index is 989. The number of hydrogen-bond acceptors (Lipinski definition) is 2. The molecule has 4 rings (SSSR count). The molecule has 1 unspecified atom stereocenters. The highest BCUT2D eigenvalue weighted by molar-refractivity contribution is 7.16. The van der Waals surface area contributed by atoms with Gasteiger partial charge in [0, 0.05) is 17.6 Å². The Morgan fingerprint density at radius 1 is 1.03 bits per heavy atom. The fourth-order valence-corrected chi connectivity index (χ4v) is 5.08. The van der Waals surface area contributed by atoms with E-state index in [1.54, 1.807) is 12.1 Å². The number of hydrogen-bond donors (Lipinski definition) is 0. The quantitative estimate of drug-likeness (QED) is 0.363. The zero-order valence-electron chi connectivity index (χ0n) is 17.4. The summed E-state index contributed by atoms with van der Waals surface area (Å²) in [7, 11) is 2.83. The molecule has 1 heterocycles. The highest BCUT2D eigenvalue weighted by Crippen LogP contribution is 2.38. The topological polar surface area (TPSA) is 22.4 Å². The van der Waals surface area contributed by atoms with E-state index in [9.17, 15) is 8.78 Å². The second-order valence-electron chi connectivity index (χ2n) is 8.24. The molecule has 0 saturated heterocycles. The lowest BCUT2D eigenvalue weighted by atomic mass is 9.77. The van der Waals surface area contributed by atoms with Gasteiger partial charge < -0.3 is 9.15 Å². The fourth-order valence-electron chi connectivity index (χ4n) is 4.61. The van der Waals surface area contributed by atoms with Crippen LogP contribution in [0.3, 0.4) is 0 Å². The lowest BCUT2D eigenvalue weighted by Gasteiger charge is -2.28. The molecule has 0 aliphatic heterocycles. The van der Waals surface area contributed by atoms with Crippen molar-refractivity contribution < 1.29 is 17.9 Å². The summed E-state index contributed by atoms with van der Waals surface area (Å²) >= 11 is 0. The molecule has 0 amide bonds. The molecule has 160 valence electrons. The molecule has 1 atom stereocenters. The molecule has 30 heavy (non-hydrogen) atoms. The van der Waals surface area contributed by atoms with Crippen molar-refractivity contribution in [3.63, 3.8) is 0 Å². The molecule has 5 heteroatoms. The Labute approximate surface area is 179 Å². The maximum absolute atomic E-state index is 14.8. The summed E-state index contributed by atoms with van der Waals surface area (Å²) in [5, 5.41) is 0.551. The van der Waals surface area contributed by atoms with E-state index in [0.29, 0.717) is 29.2 Å². The zero-order valence-corrected chi connectivity index (χ0v) is 18.6. The Morgan fingerprint density at radius 2 is 1.77 bits per heavy atom. The second-order valence-corrected chi connectivity index (χ2v) is 8.81. The molecule has 2 aromatic carbocycles. The normalized spacial score (nSPS) is 19.5. The molecular weight excluding hydrogens is 401 g/mol. The first-order chi connectivity index (χ1) is 14.6. The van der Waals surface area contributed by atoms with E-state index in [4.69, 9.17) is 9.15 Å². The van der Waals surface area contributed by atoms with Crippen LogP contribution in [0.1, 0.15) is 56.3 Å². The minimum absolute atomic E-state index is 0.0511. The Balaban J connectivity index is 1.56. The molecule has 1 saturated carbocycles. The van der Waals surface area contributed by atoms with Gasteiger partial charge in [-0.2, -0.15) is 4.39 Å². The number of fused-ring (bicyclic) bond motifs is 1. The van der Waals surface area contributed by atoms with E-state index >= 15 is 0 Å². The van der Waals surface area contributed by atoms with Crippen LogP contribution < -0.4 is 0 Å². The third-order valence-electron chi connectivity index (χ3n) is 6.30. The van der Waals surface area contributed by atoms with E-state index in [2.05, 4.69) is 21.4 Å². The van der Waals surface area contributed by atoms with Gasteiger partial charge in [-0.1, -0.05) is 24.3 Å². The molecular formula is C25H29F2O2P. The van der Waals surface area contributed by atoms with Gasteiger partial charge >= 0.3 is 0 Å². The number of ether oxygens (including phenoxy) is 1.